The Morgan fingerprint density at radius 2 is 1.87 bits per heavy atom. The maximum absolute atomic E-state index is 12.6. The van der Waals surface area contributed by atoms with Gasteiger partial charge in [0.2, 0.25) is 0 Å². The van der Waals surface area contributed by atoms with Crippen molar-refractivity contribution in [1.82, 2.24) is 10.3 Å². The van der Waals surface area contributed by atoms with Crippen LogP contribution in [0.15, 0.2) is 42.5 Å². The zero-order valence-electron chi connectivity index (χ0n) is 17.3. The van der Waals surface area contributed by atoms with Gasteiger partial charge in [0, 0.05) is 23.1 Å². The topological polar surface area (TPSA) is 80.4 Å². The van der Waals surface area contributed by atoms with Crippen molar-refractivity contribution in [2.75, 3.05) is 7.11 Å². The highest BCUT2D eigenvalue weighted by Gasteiger charge is 2.21. The number of carbonyl (C=O) groups is 2. The first-order valence-electron chi connectivity index (χ1n) is 10.3. The number of H-pyrrole nitrogens is 1. The molecule has 6 heteroatoms. The van der Waals surface area contributed by atoms with Crippen LogP contribution in [0.4, 0.5) is 0 Å². The summed E-state index contributed by atoms with van der Waals surface area (Å²) in [6, 6.07) is 13.0. The number of aromatic nitrogens is 1. The number of hydrogen-bond acceptors (Lipinski definition) is 4. The van der Waals surface area contributed by atoms with Gasteiger partial charge in [-0.25, -0.2) is 4.79 Å². The monoisotopic (exact) mass is 406 g/mol. The van der Waals surface area contributed by atoms with Crippen LogP contribution >= 0.6 is 0 Å². The maximum Gasteiger partial charge on any atom is 0.338 e. The Morgan fingerprint density at radius 3 is 2.63 bits per heavy atom. The summed E-state index contributed by atoms with van der Waals surface area (Å²) in [7, 11) is 1.61. The molecule has 0 aliphatic heterocycles. The number of aromatic amines is 1. The van der Waals surface area contributed by atoms with Crippen LogP contribution in [-0.2, 0) is 28.9 Å². The molecule has 30 heavy (non-hydrogen) atoms. The summed E-state index contributed by atoms with van der Waals surface area (Å²) in [5.74, 6) is -0.0675. The molecule has 0 radical (unpaired) electrons. The van der Waals surface area contributed by atoms with E-state index in [-0.39, 0.29) is 5.91 Å². The molecule has 0 spiro atoms. The van der Waals surface area contributed by atoms with E-state index in [1.165, 1.54) is 24.1 Å². The number of ether oxygens (including phenoxy) is 2. The van der Waals surface area contributed by atoms with Crippen LogP contribution in [0.2, 0.25) is 0 Å². The molecule has 156 valence electrons. The van der Waals surface area contributed by atoms with Gasteiger partial charge in [0.1, 0.15) is 5.75 Å². The predicted octanol–water partition coefficient (Wildman–Crippen LogP) is 3.92. The van der Waals surface area contributed by atoms with E-state index in [0.717, 1.165) is 35.1 Å². The van der Waals surface area contributed by atoms with Crippen molar-refractivity contribution in [1.29, 1.82) is 0 Å². The molecule has 1 amide bonds. The minimum absolute atomic E-state index is 0.334. The number of methoxy groups -OCH3 is 1. The molecule has 0 fully saturated rings. The van der Waals surface area contributed by atoms with Gasteiger partial charge in [-0.15, -0.1) is 0 Å². The SMILES string of the molecule is COc1ccc(CNC(=O)[C@@H](C)OC(=O)c2ccc3[nH]c4c(c3c2)CCCC4)cc1. The average Bonchev–Trinajstić information content (AvgIpc) is 3.15. The molecule has 4 rings (SSSR count). The fourth-order valence-corrected chi connectivity index (χ4v) is 3.89. The molecule has 6 nitrogen and oxygen atoms in total. The lowest BCUT2D eigenvalue weighted by Gasteiger charge is -2.14. The summed E-state index contributed by atoms with van der Waals surface area (Å²) >= 11 is 0. The normalized spacial score (nSPS) is 14.1. The molecule has 1 aromatic heterocycles. The molecule has 2 N–H and O–H groups in total. The van der Waals surface area contributed by atoms with Crippen molar-refractivity contribution >= 4 is 22.8 Å². The molecule has 0 saturated carbocycles. The van der Waals surface area contributed by atoms with Gasteiger partial charge < -0.3 is 19.8 Å². The third kappa shape index (κ3) is 4.17. The summed E-state index contributed by atoms with van der Waals surface area (Å²) in [6.45, 7) is 1.93. The number of benzene rings is 2. The van der Waals surface area contributed by atoms with E-state index in [1.807, 2.05) is 36.4 Å². The third-order valence-electron chi connectivity index (χ3n) is 5.61. The van der Waals surface area contributed by atoms with Crippen molar-refractivity contribution < 1.29 is 19.1 Å². The van der Waals surface area contributed by atoms with Crippen molar-refractivity contribution in [3.05, 3.63) is 64.8 Å². The highest BCUT2D eigenvalue weighted by Crippen LogP contribution is 2.29. The van der Waals surface area contributed by atoms with E-state index in [1.54, 1.807) is 20.1 Å². The highest BCUT2D eigenvalue weighted by atomic mass is 16.5. The predicted molar refractivity (Wildman–Crippen MR) is 115 cm³/mol. The minimum atomic E-state index is -0.883. The Labute approximate surface area is 175 Å². The van der Waals surface area contributed by atoms with E-state index in [9.17, 15) is 9.59 Å². The minimum Gasteiger partial charge on any atom is -0.497 e. The lowest BCUT2D eigenvalue weighted by Crippen LogP contribution is -2.35. The Kier molecular flexibility index (Phi) is 5.74. The van der Waals surface area contributed by atoms with Crippen molar-refractivity contribution in [2.45, 2.75) is 45.3 Å². The first-order valence-corrected chi connectivity index (χ1v) is 10.3. The molecule has 1 heterocycles. The largest absolute Gasteiger partial charge is 0.497 e. The van der Waals surface area contributed by atoms with Crippen molar-refractivity contribution in [3.8, 4) is 5.75 Å². The molecular weight excluding hydrogens is 380 g/mol. The third-order valence-corrected chi connectivity index (χ3v) is 5.61. The number of amides is 1. The van der Waals surface area contributed by atoms with Gasteiger partial charge in [0.15, 0.2) is 6.10 Å². The number of carbonyl (C=O) groups excluding carboxylic acids is 2. The lowest BCUT2D eigenvalue weighted by molar-refractivity contribution is -0.129. The van der Waals surface area contributed by atoms with Gasteiger partial charge in [-0.05, 0) is 74.1 Å². The lowest BCUT2D eigenvalue weighted by atomic mass is 9.95. The molecule has 1 atom stereocenters. The molecule has 3 aromatic rings. The Hall–Kier alpha value is -3.28. The Bertz CT molecular complexity index is 1070. The van der Waals surface area contributed by atoms with Crippen LogP contribution in [0.3, 0.4) is 0 Å². The van der Waals surface area contributed by atoms with E-state index >= 15 is 0 Å². The second kappa shape index (κ2) is 8.61. The van der Waals surface area contributed by atoms with Crippen LogP contribution in [0, 0.1) is 0 Å². The van der Waals surface area contributed by atoms with Crippen LogP contribution in [0.1, 0.15) is 46.9 Å². The van der Waals surface area contributed by atoms with Gasteiger partial charge in [-0.1, -0.05) is 12.1 Å². The van der Waals surface area contributed by atoms with E-state index < -0.39 is 12.1 Å². The zero-order chi connectivity index (χ0) is 21.1. The number of aryl methyl sites for hydroxylation is 2. The van der Waals surface area contributed by atoms with Crippen molar-refractivity contribution in [2.24, 2.45) is 0 Å². The first kappa shape index (κ1) is 20.0. The van der Waals surface area contributed by atoms with Crippen LogP contribution in [0.25, 0.3) is 10.9 Å². The van der Waals surface area contributed by atoms with Gasteiger partial charge in [0.25, 0.3) is 5.91 Å². The van der Waals surface area contributed by atoms with E-state index in [2.05, 4.69) is 10.3 Å². The van der Waals surface area contributed by atoms with E-state index in [0.29, 0.717) is 12.1 Å². The molecule has 1 aliphatic rings. The smallest absolute Gasteiger partial charge is 0.338 e. The fraction of sp³-hybridized carbons (Fsp3) is 0.333. The number of fused-ring (bicyclic) bond motifs is 3. The summed E-state index contributed by atoms with van der Waals surface area (Å²) < 4.78 is 10.5. The molecular formula is C24H26N2O4. The molecule has 0 bridgehead atoms. The first-order chi connectivity index (χ1) is 14.5. The Morgan fingerprint density at radius 1 is 1.10 bits per heavy atom. The summed E-state index contributed by atoms with van der Waals surface area (Å²) in [6.07, 6.45) is 3.55. The van der Waals surface area contributed by atoms with Crippen LogP contribution in [0.5, 0.6) is 5.75 Å². The summed E-state index contributed by atoms with van der Waals surface area (Å²) in [5, 5.41) is 3.88. The maximum atomic E-state index is 12.6. The second-order valence-electron chi connectivity index (χ2n) is 7.66. The van der Waals surface area contributed by atoms with Crippen molar-refractivity contribution in [3.63, 3.8) is 0 Å². The van der Waals surface area contributed by atoms with Gasteiger partial charge in [-0.3, -0.25) is 4.79 Å². The number of esters is 1. The number of hydrogen-bond donors (Lipinski definition) is 2. The van der Waals surface area contributed by atoms with E-state index in [4.69, 9.17) is 9.47 Å². The highest BCUT2D eigenvalue weighted by molar-refractivity contribution is 5.97. The molecule has 0 unspecified atom stereocenters. The standard InChI is InChI=1S/C24H26N2O4/c1-15(23(27)25-14-16-7-10-18(29-2)11-8-16)30-24(28)17-9-12-22-20(13-17)19-5-3-4-6-21(19)26-22/h7-13,15,26H,3-6,14H2,1-2H3,(H,25,27)/t15-/m1/s1. The van der Waals surface area contributed by atoms with Gasteiger partial charge in [-0.2, -0.15) is 0 Å². The molecule has 2 aromatic carbocycles. The van der Waals surface area contributed by atoms with Gasteiger partial charge >= 0.3 is 5.97 Å². The summed E-state index contributed by atoms with van der Waals surface area (Å²) in [4.78, 5) is 28.4. The molecule has 1 aliphatic carbocycles. The zero-order valence-corrected chi connectivity index (χ0v) is 17.3. The quantitative estimate of drug-likeness (QED) is 0.608. The summed E-state index contributed by atoms with van der Waals surface area (Å²) in [5.41, 5.74) is 5.02. The van der Waals surface area contributed by atoms with Gasteiger partial charge in [0.05, 0.1) is 12.7 Å². The number of nitrogens with one attached hydrogen (secondary N) is 2. The average molecular weight is 406 g/mol. The van der Waals surface area contributed by atoms with Crippen LogP contribution in [-0.4, -0.2) is 30.1 Å². The van der Waals surface area contributed by atoms with Crippen LogP contribution < -0.4 is 10.1 Å². The Balaban J connectivity index is 1.38. The second-order valence-corrected chi connectivity index (χ2v) is 7.66. The molecule has 0 saturated heterocycles. The number of rotatable bonds is 6. The fourth-order valence-electron chi connectivity index (χ4n) is 3.89.